The molecule has 12 nitrogen and oxygen atoms in total. The van der Waals surface area contributed by atoms with E-state index in [2.05, 4.69) is 34.1 Å². The topological polar surface area (TPSA) is 180 Å². The number of anilines is 2. The number of hydrogen-bond donors (Lipinski definition) is 5. The minimum absolute atomic E-state index is 0.0400. The summed E-state index contributed by atoms with van der Waals surface area (Å²) in [6, 6.07) is 19.0. The highest BCUT2D eigenvalue weighted by atomic mass is 32.2. The van der Waals surface area contributed by atoms with Gasteiger partial charge in [0.2, 0.25) is 15.9 Å². The maximum Gasteiger partial charge on any atom is 0.326 e. The van der Waals surface area contributed by atoms with Crippen LogP contribution in [0.5, 0.6) is 5.75 Å². The summed E-state index contributed by atoms with van der Waals surface area (Å²) in [5, 5.41) is 14.8. The summed E-state index contributed by atoms with van der Waals surface area (Å²) >= 11 is 1.36. The number of fused-ring (bicyclic) bond motifs is 1. The van der Waals surface area contributed by atoms with Gasteiger partial charge in [-0.3, -0.25) is 9.59 Å². The Labute approximate surface area is 311 Å². The molecule has 3 aromatic rings. The molecule has 0 saturated heterocycles. The summed E-state index contributed by atoms with van der Waals surface area (Å²) < 4.78 is 37.7. The number of benzene rings is 3. The first-order chi connectivity index (χ1) is 25.0. The van der Waals surface area contributed by atoms with E-state index in [-0.39, 0.29) is 23.6 Å². The van der Waals surface area contributed by atoms with E-state index in [0.717, 1.165) is 31.4 Å². The predicted molar refractivity (Wildman–Crippen MR) is 204 cm³/mol. The number of unbranched alkanes of at least 4 members (excludes halogenated alkanes) is 2. The van der Waals surface area contributed by atoms with Gasteiger partial charge in [-0.15, -0.1) is 11.8 Å². The smallest absolute Gasteiger partial charge is 0.326 e. The van der Waals surface area contributed by atoms with Crippen LogP contribution in [0.1, 0.15) is 76.8 Å². The number of amides is 2. The van der Waals surface area contributed by atoms with Gasteiger partial charge >= 0.3 is 5.97 Å². The lowest BCUT2D eigenvalue weighted by Crippen LogP contribution is -2.53. The van der Waals surface area contributed by atoms with Crippen molar-refractivity contribution in [3.63, 3.8) is 0 Å². The normalized spacial score (nSPS) is 15.8. The maximum atomic E-state index is 14.3. The summed E-state index contributed by atoms with van der Waals surface area (Å²) in [5.74, 6) is -2.38. The fourth-order valence-electron chi connectivity index (χ4n) is 6.37. The Balaban J connectivity index is 1.66. The Morgan fingerprint density at radius 3 is 2.19 bits per heavy atom. The van der Waals surface area contributed by atoms with Gasteiger partial charge in [0.25, 0.3) is 5.91 Å². The highest BCUT2D eigenvalue weighted by molar-refractivity contribution is 7.98. The molecule has 0 aromatic heterocycles. The monoisotopic (exact) mass is 753 g/mol. The van der Waals surface area contributed by atoms with Crippen LogP contribution in [0.15, 0.2) is 82.6 Å². The largest absolute Gasteiger partial charge is 0.483 e. The molecule has 6 N–H and O–H groups in total. The van der Waals surface area contributed by atoms with Gasteiger partial charge in [0.05, 0.1) is 16.1 Å². The molecule has 1 aliphatic rings. The lowest BCUT2D eigenvalue weighted by Gasteiger charge is -2.37. The molecular weight excluding hydrogens is 703 g/mol. The van der Waals surface area contributed by atoms with E-state index in [1.54, 1.807) is 36.4 Å². The van der Waals surface area contributed by atoms with E-state index < -0.39 is 52.0 Å². The number of nitrogens with two attached hydrogens (primary N) is 1. The predicted octanol–water partition coefficient (Wildman–Crippen LogP) is 5.50. The molecule has 0 radical (unpaired) electrons. The van der Waals surface area contributed by atoms with Crippen molar-refractivity contribution in [3.8, 4) is 5.75 Å². The van der Waals surface area contributed by atoms with Gasteiger partial charge in [-0.1, -0.05) is 88.1 Å². The van der Waals surface area contributed by atoms with Crippen LogP contribution in [-0.4, -0.2) is 68.8 Å². The molecule has 3 aromatic carbocycles. The molecule has 0 bridgehead atoms. The number of sulfonamides is 1. The van der Waals surface area contributed by atoms with Crippen molar-refractivity contribution in [2.24, 2.45) is 5.73 Å². The van der Waals surface area contributed by atoms with E-state index in [4.69, 9.17) is 10.5 Å². The summed E-state index contributed by atoms with van der Waals surface area (Å²) in [6.45, 7) is 4.36. The second-order valence-corrected chi connectivity index (χ2v) is 15.5. The zero-order valence-electron chi connectivity index (χ0n) is 30.1. The highest BCUT2D eigenvalue weighted by Crippen LogP contribution is 2.44. The Morgan fingerprint density at radius 1 is 0.981 bits per heavy atom. The van der Waals surface area contributed by atoms with E-state index in [1.807, 2.05) is 36.6 Å². The molecule has 0 aliphatic carbocycles. The van der Waals surface area contributed by atoms with Gasteiger partial charge in [-0.2, -0.15) is 0 Å². The lowest BCUT2D eigenvalue weighted by molar-refractivity contribution is -0.142. The minimum Gasteiger partial charge on any atom is -0.483 e. The number of para-hydroxylation sites is 1. The first-order valence-corrected chi connectivity index (χ1v) is 20.5. The Kier molecular flexibility index (Phi) is 14.9. The lowest BCUT2D eigenvalue weighted by atomic mass is 9.87. The van der Waals surface area contributed by atoms with Gasteiger partial charge in [0.15, 0.2) is 6.61 Å². The summed E-state index contributed by atoms with van der Waals surface area (Å²) in [5.41, 5.74) is 6.65. The number of thioether (sulfide) groups is 1. The second-order valence-electron chi connectivity index (χ2n) is 13.0. The van der Waals surface area contributed by atoms with Crippen molar-refractivity contribution < 1.29 is 32.6 Å². The van der Waals surface area contributed by atoms with E-state index in [9.17, 15) is 27.9 Å². The average molecular weight is 754 g/mol. The summed E-state index contributed by atoms with van der Waals surface area (Å²) in [4.78, 5) is 41.3. The molecule has 52 heavy (non-hydrogen) atoms. The SMILES string of the molecule is CCCCC1(CCCC)CN(c2ccccc2)c2cc(SC)c(OCC(=O)NC(C(=O)NC(CCCN)C(=O)O)c3ccccc3)cc2S(=O)(=O)N1. The first-order valence-electron chi connectivity index (χ1n) is 17.8. The Morgan fingerprint density at radius 2 is 1.62 bits per heavy atom. The fourth-order valence-corrected chi connectivity index (χ4v) is 8.57. The van der Waals surface area contributed by atoms with Crippen molar-refractivity contribution in [2.45, 2.75) is 92.6 Å². The number of carbonyl (C=O) groups excluding carboxylic acids is 2. The molecule has 1 aliphatic heterocycles. The molecule has 2 atom stereocenters. The van der Waals surface area contributed by atoms with E-state index in [1.165, 1.54) is 17.8 Å². The molecule has 4 rings (SSSR count). The van der Waals surface area contributed by atoms with Gasteiger partial charge in [0, 0.05) is 18.3 Å². The number of nitrogens with zero attached hydrogens (tertiary/aromatic N) is 1. The van der Waals surface area contributed by atoms with E-state index in [0.29, 0.717) is 42.0 Å². The number of carbonyl (C=O) groups is 3. The molecule has 1 heterocycles. The molecule has 0 spiro atoms. The first kappa shape index (κ1) is 40.7. The van der Waals surface area contributed by atoms with Crippen LogP contribution in [0.3, 0.4) is 0 Å². The van der Waals surface area contributed by atoms with Gasteiger partial charge in [0.1, 0.15) is 22.7 Å². The quantitative estimate of drug-likeness (QED) is 0.0982. The third kappa shape index (κ3) is 10.5. The standard InChI is InChI=1S/C38H51N5O7S2/c1-4-6-20-38(21-7-5-2)26-43(28-17-12-9-13-18-28)30-23-32(51-3)31(24-33(30)52(48,49)42-38)50-25-34(44)41-35(27-15-10-8-11-16-27)36(45)40-29(37(46)47)19-14-22-39/h8-13,15-18,23-24,29,35,42H,4-7,14,19-22,25-26,39H2,1-3H3,(H,40,45)(H,41,44)(H,46,47). The molecule has 14 heteroatoms. The minimum atomic E-state index is -4.06. The zero-order valence-corrected chi connectivity index (χ0v) is 31.7. The van der Waals surface area contributed by atoms with Gasteiger partial charge in [-0.25, -0.2) is 17.9 Å². The van der Waals surface area contributed by atoms with Crippen molar-refractivity contribution in [1.82, 2.24) is 15.4 Å². The van der Waals surface area contributed by atoms with Crippen molar-refractivity contribution in [1.29, 1.82) is 0 Å². The van der Waals surface area contributed by atoms with Crippen LogP contribution in [0.4, 0.5) is 11.4 Å². The average Bonchev–Trinajstić information content (AvgIpc) is 3.24. The second kappa shape index (κ2) is 19.1. The summed E-state index contributed by atoms with van der Waals surface area (Å²) in [6.07, 6.45) is 7.27. The van der Waals surface area contributed by atoms with Crippen LogP contribution in [-0.2, 0) is 24.4 Å². The third-order valence-electron chi connectivity index (χ3n) is 9.09. The Bertz CT molecular complexity index is 1750. The molecule has 2 amide bonds. The van der Waals surface area contributed by atoms with Crippen LogP contribution in [0.2, 0.25) is 0 Å². The number of aliphatic carboxylic acids is 1. The van der Waals surface area contributed by atoms with Crippen molar-refractivity contribution >= 4 is 50.9 Å². The van der Waals surface area contributed by atoms with E-state index >= 15 is 0 Å². The number of rotatable bonds is 19. The molecule has 0 saturated carbocycles. The fraction of sp³-hybridized carbons (Fsp3) is 0.447. The number of carboxylic acid groups (broad SMARTS) is 1. The van der Waals surface area contributed by atoms with Crippen LogP contribution in [0, 0.1) is 0 Å². The molecule has 0 fully saturated rings. The number of nitrogens with one attached hydrogen (secondary N) is 3. The Hall–Kier alpha value is -4.11. The number of hydrogen-bond acceptors (Lipinski definition) is 9. The van der Waals surface area contributed by atoms with Crippen LogP contribution >= 0.6 is 11.8 Å². The summed E-state index contributed by atoms with van der Waals surface area (Å²) in [7, 11) is -4.06. The number of ether oxygens (including phenoxy) is 1. The van der Waals surface area contributed by atoms with Crippen molar-refractivity contribution in [3.05, 3.63) is 78.4 Å². The number of carboxylic acids is 1. The van der Waals surface area contributed by atoms with Gasteiger partial charge < -0.3 is 31.1 Å². The molecule has 282 valence electrons. The van der Waals surface area contributed by atoms with Crippen molar-refractivity contribution in [2.75, 3.05) is 30.9 Å². The molecular formula is C38H51N5O7S2. The maximum absolute atomic E-state index is 14.3. The highest BCUT2D eigenvalue weighted by Gasteiger charge is 2.42. The zero-order chi connectivity index (χ0) is 37.7. The molecule has 2 unspecified atom stereocenters. The van der Waals surface area contributed by atoms with Gasteiger partial charge in [-0.05, 0) is 62.2 Å². The van der Waals surface area contributed by atoms with Crippen LogP contribution in [0.25, 0.3) is 0 Å². The van der Waals surface area contributed by atoms with Crippen LogP contribution < -0.4 is 30.7 Å². The third-order valence-corrected chi connectivity index (χ3v) is 11.5.